The van der Waals surface area contributed by atoms with Gasteiger partial charge >= 0.3 is 17.9 Å². The molecule has 0 amide bonds. The van der Waals surface area contributed by atoms with Gasteiger partial charge in [0.15, 0.2) is 6.10 Å². The monoisotopic (exact) mass is 1050 g/mol. The van der Waals surface area contributed by atoms with Crippen LogP contribution in [0.1, 0.15) is 380 Å². The van der Waals surface area contributed by atoms with E-state index in [4.69, 9.17) is 14.2 Å². The molecule has 0 saturated carbocycles. The molecule has 6 heteroatoms. The lowest BCUT2D eigenvalue weighted by atomic mass is 10.0. The number of ether oxygens (including phenoxy) is 3. The predicted molar refractivity (Wildman–Crippen MR) is 326 cm³/mol. The van der Waals surface area contributed by atoms with E-state index in [0.717, 1.165) is 70.6 Å². The molecule has 0 heterocycles. The van der Waals surface area contributed by atoms with Gasteiger partial charge in [0.25, 0.3) is 0 Å². The molecular weight excluding hydrogens is 925 g/mol. The normalized spacial score (nSPS) is 12.1. The molecule has 0 spiro atoms. The molecule has 0 bridgehead atoms. The van der Waals surface area contributed by atoms with Crippen LogP contribution in [0, 0.1) is 0 Å². The molecule has 0 aliphatic heterocycles. The molecule has 0 rings (SSSR count). The SMILES string of the molecule is CCC/C=C\CCCCCCCC(=O)OCC(COC(=O)CCCCCCCCCCCCCCC/C=C\CCCCCCCCCC)OC(=O)CCCCCCCCCCCCCCCCCCCCCCCC. The van der Waals surface area contributed by atoms with Crippen LogP contribution in [0.4, 0.5) is 0 Å². The Kier molecular flexibility index (Phi) is 62.6. The van der Waals surface area contributed by atoms with Crippen molar-refractivity contribution in [1.82, 2.24) is 0 Å². The summed E-state index contributed by atoms with van der Waals surface area (Å²) < 4.78 is 16.9. The average Bonchev–Trinajstić information content (AvgIpc) is 3.41. The fourth-order valence-electron chi connectivity index (χ4n) is 10.3. The van der Waals surface area contributed by atoms with Gasteiger partial charge in [0.2, 0.25) is 0 Å². The van der Waals surface area contributed by atoms with E-state index in [1.54, 1.807) is 0 Å². The Bertz CT molecular complexity index is 1210. The molecule has 0 saturated heterocycles. The highest BCUT2D eigenvalue weighted by atomic mass is 16.6. The first-order valence-corrected chi connectivity index (χ1v) is 33.8. The highest BCUT2D eigenvalue weighted by Gasteiger charge is 2.19. The van der Waals surface area contributed by atoms with E-state index in [-0.39, 0.29) is 31.1 Å². The first kappa shape index (κ1) is 72.9. The predicted octanol–water partition coefficient (Wildman–Crippen LogP) is 23.0. The van der Waals surface area contributed by atoms with E-state index in [0.29, 0.717) is 19.3 Å². The number of carbonyl (C=O) groups is 3. The zero-order valence-corrected chi connectivity index (χ0v) is 50.8. The van der Waals surface area contributed by atoms with E-state index in [1.165, 1.54) is 270 Å². The second-order valence-electron chi connectivity index (χ2n) is 23.1. The van der Waals surface area contributed by atoms with Crippen molar-refractivity contribution in [2.45, 2.75) is 386 Å². The lowest BCUT2D eigenvalue weighted by Gasteiger charge is -2.18. The zero-order chi connectivity index (χ0) is 54.3. The summed E-state index contributed by atoms with van der Waals surface area (Å²) in [5.41, 5.74) is 0. The molecule has 0 radical (unpaired) electrons. The third kappa shape index (κ3) is 62.6. The minimum atomic E-state index is -0.771. The average molecular weight is 1060 g/mol. The maximum atomic E-state index is 12.9. The molecule has 0 aliphatic rings. The highest BCUT2D eigenvalue weighted by molar-refractivity contribution is 5.71. The summed E-state index contributed by atoms with van der Waals surface area (Å²) in [7, 11) is 0. The Labute approximate surface area is 468 Å². The molecule has 1 atom stereocenters. The van der Waals surface area contributed by atoms with Gasteiger partial charge in [0, 0.05) is 19.3 Å². The molecule has 75 heavy (non-hydrogen) atoms. The largest absolute Gasteiger partial charge is 0.462 e. The van der Waals surface area contributed by atoms with Crippen molar-refractivity contribution in [3.63, 3.8) is 0 Å². The summed E-state index contributed by atoms with van der Waals surface area (Å²) in [5, 5.41) is 0. The summed E-state index contributed by atoms with van der Waals surface area (Å²) >= 11 is 0. The Balaban J connectivity index is 4.15. The number of unbranched alkanes of at least 4 members (excludes halogenated alkanes) is 48. The van der Waals surface area contributed by atoms with E-state index >= 15 is 0 Å². The van der Waals surface area contributed by atoms with Crippen LogP contribution < -0.4 is 0 Å². The van der Waals surface area contributed by atoms with Crippen LogP contribution in [0.3, 0.4) is 0 Å². The number of allylic oxidation sites excluding steroid dienone is 4. The lowest BCUT2D eigenvalue weighted by molar-refractivity contribution is -0.167. The first-order chi connectivity index (χ1) is 37.0. The molecule has 442 valence electrons. The smallest absolute Gasteiger partial charge is 0.306 e. The highest BCUT2D eigenvalue weighted by Crippen LogP contribution is 2.18. The zero-order valence-electron chi connectivity index (χ0n) is 50.8. The van der Waals surface area contributed by atoms with Crippen molar-refractivity contribution in [2.24, 2.45) is 0 Å². The van der Waals surface area contributed by atoms with Crippen molar-refractivity contribution in [1.29, 1.82) is 0 Å². The van der Waals surface area contributed by atoms with Gasteiger partial charge in [-0.05, 0) is 64.2 Å². The van der Waals surface area contributed by atoms with Crippen LogP contribution in [0.15, 0.2) is 24.3 Å². The van der Waals surface area contributed by atoms with E-state index in [1.807, 2.05) is 0 Å². The van der Waals surface area contributed by atoms with Crippen molar-refractivity contribution in [3.05, 3.63) is 24.3 Å². The molecule has 0 aromatic heterocycles. The molecular formula is C69H130O6. The maximum absolute atomic E-state index is 12.9. The van der Waals surface area contributed by atoms with Crippen molar-refractivity contribution < 1.29 is 28.6 Å². The minimum absolute atomic E-state index is 0.0688. The molecule has 0 aromatic carbocycles. The number of carbonyl (C=O) groups excluding carboxylic acids is 3. The summed E-state index contributed by atoms with van der Waals surface area (Å²) in [4.78, 5) is 38.3. The minimum Gasteiger partial charge on any atom is -0.462 e. The van der Waals surface area contributed by atoms with Crippen LogP contribution in [-0.2, 0) is 28.6 Å². The molecule has 0 fully saturated rings. The number of esters is 3. The van der Waals surface area contributed by atoms with Gasteiger partial charge in [-0.25, -0.2) is 0 Å². The quantitative estimate of drug-likeness (QED) is 0.0261. The van der Waals surface area contributed by atoms with Crippen molar-refractivity contribution in [2.75, 3.05) is 13.2 Å². The fraction of sp³-hybridized carbons (Fsp3) is 0.899. The Morgan fingerprint density at radius 3 is 0.720 bits per heavy atom. The van der Waals surface area contributed by atoms with Gasteiger partial charge < -0.3 is 14.2 Å². The number of hydrogen-bond acceptors (Lipinski definition) is 6. The van der Waals surface area contributed by atoms with Crippen LogP contribution in [0.2, 0.25) is 0 Å². The van der Waals surface area contributed by atoms with Gasteiger partial charge in [-0.2, -0.15) is 0 Å². The molecule has 1 unspecified atom stereocenters. The number of rotatable bonds is 63. The maximum Gasteiger partial charge on any atom is 0.306 e. The number of hydrogen-bond donors (Lipinski definition) is 0. The molecule has 0 aliphatic carbocycles. The van der Waals surface area contributed by atoms with Gasteiger partial charge in [-0.1, -0.05) is 321 Å². The fourth-order valence-corrected chi connectivity index (χ4v) is 10.3. The molecule has 0 N–H and O–H groups in total. The standard InChI is InChI=1S/C69H130O6/c1-4-7-10-13-16-19-22-24-26-28-30-32-34-35-36-38-39-41-43-45-47-50-53-56-59-62-68(71)74-65-66(64-73-67(70)61-58-55-52-49-21-18-15-12-9-6-3)75-69(72)63-60-57-54-51-48-46-44-42-40-37-33-31-29-27-25-23-20-17-14-11-8-5-2/h12,15,28,30,66H,4-11,13-14,16-27,29,31-65H2,1-3H3/b15-12-,30-28-. The molecule has 0 aromatic rings. The van der Waals surface area contributed by atoms with E-state index in [9.17, 15) is 14.4 Å². The second-order valence-corrected chi connectivity index (χ2v) is 23.1. The third-order valence-electron chi connectivity index (χ3n) is 15.4. The summed E-state index contributed by atoms with van der Waals surface area (Å²) in [6.45, 7) is 6.64. The second kappa shape index (κ2) is 64.4. The van der Waals surface area contributed by atoms with Gasteiger partial charge in [-0.3, -0.25) is 14.4 Å². The van der Waals surface area contributed by atoms with E-state index in [2.05, 4.69) is 45.1 Å². The Morgan fingerprint density at radius 1 is 0.253 bits per heavy atom. The van der Waals surface area contributed by atoms with Crippen LogP contribution in [0.25, 0.3) is 0 Å². The summed E-state index contributed by atoms with van der Waals surface area (Å²) in [6, 6.07) is 0. The van der Waals surface area contributed by atoms with Crippen LogP contribution in [0.5, 0.6) is 0 Å². The van der Waals surface area contributed by atoms with E-state index < -0.39 is 6.10 Å². The van der Waals surface area contributed by atoms with Gasteiger partial charge in [-0.15, -0.1) is 0 Å². The van der Waals surface area contributed by atoms with Crippen LogP contribution >= 0.6 is 0 Å². The van der Waals surface area contributed by atoms with Crippen molar-refractivity contribution in [3.8, 4) is 0 Å². The lowest BCUT2D eigenvalue weighted by Crippen LogP contribution is -2.30. The first-order valence-electron chi connectivity index (χ1n) is 33.8. The Hall–Kier alpha value is -2.11. The van der Waals surface area contributed by atoms with Gasteiger partial charge in [0.1, 0.15) is 13.2 Å². The van der Waals surface area contributed by atoms with Crippen molar-refractivity contribution >= 4 is 17.9 Å². The molecule has 6 nitrogen and oxygen atoms in total. The third-order valence-corrected chi connectivity index (χ3v) is 15.4. The van der Waals surface area contributed by atoms with Gasteiger partial charge in [0.05, 0.1) is 0 Å². The summed E-state index contributed by atoms with van der Waals surface area (Å²) in [5.74, 6) is -0.853. The Morgan fingerprint density at radius 2 is 0.467 bits per heavy atom. The summed E-state index contributed by atoms with van der Waals surface area (Å²) in [6.07, 6.45) is 77.9. The van der Waals surface area contributed by atoms with Crippen LogP contribution in [-0.4, -0.2) is 37.2 Å². The topological polar surface area (TPSA) is 78.9 Å².